The fourth-order valence-corrected chi connectivity index (χ4v) is 20.0. The molecule has 0 aromatic carbocycles. The molecule has 0 aliphatic carbocycles. The topological polar surface area (TPSA) is 189 Å². The first kappa shape index (κ1) is 89.7. The van der Waals surface area contributed by atoms with E-state index >= 15 is 46.5 Å². The molecule has 0 heterocycles. The van der Waals surface area contributed by atoms with Crippen LogP contribution in [0.4, 0.5) is 0 Å². The minimum atomic E-state index is -9.46. The van der Waals surface area contributed by atoms with Gasteiger partial charge in [0.1, 0.15) is 0 Å². The molecular formula is C81H136O12Ti. The predicted molar refractivity (Wildman–Crippen MR) is 384 cm³/mol. The Morgan fingerprint density at radius 2 is 0.457 bits per heavy atom. The quantitative estimate of drug-likeness (QED) is 0.0243. The first-order chi connectivity index (χ1) is 44.0. The van der Waals surface area contributed by atoms with Gasteiger partial charge in [0.15, 0.2) is 0 Å². The van der Waals surface area contributed by atoms with E-state index in [2.05, 4.69) is 81.0 Å². The molecule has 0 spiro atoms. The molecule has 0 aromatic rings. The summed E-state index contributed by atoms with van der Waals surface area (Å²) in [6.07, 6.45) is 28.3. The molecule has 0 aliphatic rings. The zero-order chi connectivity index (χ0) is 71.9. The summed E-state index contributed by atoms with van der Waals surface area (Å²) < 4.78 is 26.8. The number of unbranched alkanes of at least 4 members (excludes halogenated alkanes) is 30. The number of carbonyl (C=O) groups excluding carboxylic acids is 9. The van der Waals surface area contributed by atoms with Gasteiger partial charge in [-0.05, 0) is 17.8 Å². The number of allylic oxidation sites excluding steroid dienone is 6. The maximum absolute atomic E-state index is 18.3. The standard InChI is InChI=1S/C26H44O4.2C26H43O3.C3H7O.O.Ti/c1-20(2)18-16-14-12-10-8-7-9-11-13-15-17-19-26(25(29)30,23(27)21(3)4)24(28)22(5)6;2*1-21(2)18-16-14-12-10-8-7-9-11-13-15-17-19-26(20-27,24(28)22(3)4)25(29)23(5)6;1-3(2)4;;/h20H,3,5,7-19H2,1-2,4,6H3,(H,29,30);2*21H,3,5,7-19H2,1-2,4,6H3;3H,1-2H3;;/q;;;-1;;+2/p-1. The Balaban J connectivity index is 8.61. The Bertz CT molecular complexity index is 2410. The molecule has 0 rings (SSSR count). The van der Waals surface area contributed by atoms with Crippen molar-refractivity contribution in [3.8, 4) is 0 Å². The number of hydrogen-bond acceptors (Lipinski definition) is 12. The van der Waals surface area contributed by atoms with Crippen LogP contribution < -0.4 is 0 Å². The van der Waals surface area contributed by atoms with Crippen molar-refractivity contribution < 1.29 is 69.2 Å². The Hall–Kier alpha value is -4.26. The molecule has 536 valence electrons. The Morgan fingerprint density at radius 1 is 0.287 bits per heavy atom. The second-order valence-electron chi connectivity index (χ2n) is 30.0. The van der Waals surface area contributed by atoms with Crippen molar-refractivity contribution in [2.75, 3.05) is 0 Å². The first-order valence-electron chi connectivity index (χ1n) is 37.2. The van der Waals surface area contributed by atoms with E-state index in [4.69, 9.17) is 6.64 Å². The van der Waals surface area contributed by atoms with Gasteiger partial charge in [-0.25, -0.2) is 0 Å². The molecule has 0 atom stereocenters. The third-order valence-electron chi connectivity index (χ3n) is 18.8. The van der Waals surface area contributed by atoms with Crippen LogP contribution in [0.25, 0.3) is 0 Å². The summed E-state index contributed by atoms with van der Waals surface area (Å²) in [7, 11) is 0. The monoisotopic (exact) mass is 1350 g/mol. The van der Waals surface area contributed by atoms with E-state index in [0.29, 0.717) is 56.3 Å². The summed E-state index contributed by atoms with van der Waals surface area (Å²) in [5.41, 5.74) is -11.7. The van der Waals surface area contributed by atoms with Gasteiger partial charge < -0.3 is 0 Å². The molecule has 0 fully saturated rings. The number of ketones is 6. The van der Waals surface area contributed by atoms with E-state index in [0.717, 1.165) is 96.3 Å². The second kappa shape index (κ2) is 46.1. The molecule has 0 radical (unpaired) electrons. The van der Waals surface area contributed by atoms with Crippen molar-refractivity contribution in [3.05, 3.63) is 72.9 Å². The molecule has 0 saturated carbocycles. The molecule has 0 aromatic heterocycles. The zero-order valence-electron chi connectivity index (χ0n) is 62.5. The molecule has 0 unspecified atom stereocenters. The SMILES string of the molecule is C=C(C)C(=O)C(CCCCCCCCCCCCCC(C)C)(C(=O)[O][Ti](=[O])([O]C(C)C)([C](=O)C(CCCCCCCCCCCCCC(C)C)(C(=O)C(=C)C)C(=O)C(=C)C)[C](=O)C(CCCCCCCCCCCCCC(C)C)(C(=O)C(=C)C)C(=O)C(=C)C)C(=O)C(=C)C. The van der Waals surface area contributed by atoms with Crippen molar-refractivity contribution in [3.63, 3.8) is 0 Å². The molecule has 0 aliphatic heterocycles. The van der Waals surface area contributed by atoms with Crippen LogP contribution in [0.1, 0.15) is 347 Å². The molecule has 94 heavy (non-hydrogen) atoms. The molecule has 0 N–H and O–H groups in total. The maximum atomic E-state index is 18.3. The van der Waals surface area contributed by atoms with Crippen molar-refractivity contribution in [1.29, 1.82) is 0 Å². The van der Waals surface area contributed by atoms with Gasteiger partial charge in [-0.1, -0.05) is 106 Å². The van der Waals surface area contributed by atoms with Crippen LogP contribution in [0.3, 0.4) is 0 Å². The summed E-state index contributed by atoms with van der Waals surface area (Å²) >= 11 is -9.46. The van der Waals surface area contributed by atoms with E-state index in [1.54, 1.807) is 0 Å². The Kier molecular flexibility index (Phi) is 44.0. The third kappa shape index (κ3) is 28.3. The predicted octanol–water partition coefficient (Wildman–Crippen LogP) is 21.9. The van der Waals surface area contributed by atoms with Gasteiger partial charge in [0.25, 0.3) is 0 Å². The Labute approximate surface area is 575 Å². The summed E-state index contributed by atoms with van der Waals surface area (Å²) in [6.45, 7) is 46.5. The van der Waals surface area contributed by atoms with Gasteiger partial charge in [0.05, 0.1) is 0 Å². The van der Waals surface area contributed by atoms with Crippen molar-refractivity contribution in [2.24, 2.45) is 34.0 Å². The van der Waals surface area contributed by atoms with Gasteiger partial charge >= 0.3 is 455 Å². The van der Waals surface area contributed by atoms with E-state index in [-0.39, 0.29) is 52.7 Å². The van der Waals surface area contributed by atoms with Crippen LogP contribution in [0.5, 0.6) is 0 Å². The normalized spacial score (nSPS) is 12.3. The van der Waals surface area contributed by atoms with Crippen molar-refractivity contribution in [2.45, 2.75) is 353 Å². The van der Waals surface area contributed by atoms with E-state index in [1.165, 1.54) is 132 Å². The zero-order valence-corrected chi connectivity index (χ0v) is 64.1. The summed E-state index contributed by atoms with van der Waals surface area (Å²) in [4.78, 5) is 143. The van der Waals surface area contributed by atoms with Gasteiger partial charge in [0.2, 0.25) is 0 Å². The molecule has 0 saturated heterocycles. The second-order valence-corrected chi connectivity index (χ2v) is 35.2. The summed E-state index contributed by atoms with van der Waals surface area (Å²) in [6, 6.07) is 0. The van der Waals surface area contributed by atoms with Gasteiger partial charge in [-0.2, -0.15) is 0 Å². The van der Waals surface area contributed by atoms with E-state index < -0.39 is 107 Å². The molecular weight excluding hydrogens is 1210 g/mol. The summed E-state index contributed by atoms with van der Waals surface area (Å²) in [5.74, 6) is -7.49. The van der Waals surface area contributed by atoms with Crippen LogP contribution in [0.15, 0.2) is 72.9 Å². The molecule has 0 bridgehead atoms. The Morgan fingerprint density at radius 3 is 0.638 bits per heavy atom. The third-order valence-corrected chi connectivity index (χ3v) is 24.8. The van der Waals surface area contributed by atoms with Crippen LogP contribution >= 0.6 is 0 Å². The van der Waals surface area contributed by atoms with Crippen molar-refractivity contribution >= 4 is 48.8 Å². The van der Waals surface area contributed by atoms with Crippen molar-refractivity contribution in [1.82, 2.24) is 0 Å². The van der Waals surface area contributed by atoms with E-state index in [1.807, 2.05) is 0 Å². The molecule has 13 heteroatoms. The fraction of sp³-hybridized carbons (Fsp3) is 0.741. The van der Waals surface area contributed by atoms with Crippen LogP contribution in [-0.2, 0) is 69.2 Å². The average Bonchev–Trinajstić information content (AvgIpc) is 0.684. The molecule has 12 nitrogen and oxygen atoms in total. The number of hydrogen-bond donors (Lipinski definition) is 0. The average molecular weight is 1350 g/mol. The number of rotatable bonds is 62. The first-order valence-corrected chi connectivity index (χ1v) is 40.6. The van der Waals surface area contributed by atoms with Crippen LogP contribution in [0, 0.1) is 34.0 Å². The number of Topliss-reactive ketones (excluding diaryl/α,β-unsaturated/α-hetero) is 6. The fourth-order valence-electron chi connectivity index (χ4n) is 13.5. The van der Waals surface area contributed by atoms with Crippen LogP contribution in [-0.4, -0.2) is 54.9 Å². The van der Waals surface area contributed by atoms with E-state index in [9.17, 15) is 0 Å². The van der Waals surface area contributed by atoms with Gasteiger partial charge in [-0.15, -0.1) is 0 Å². The van der Waals surface area contributed by atoms with Gasteiger partial charge in [-0.3, -0.25) is 0 Å². The van der Waals surface area contributed by atoms with Crippen LogP contribution in [0.2, 0.25) is 0 Å². The molecule has 0 amide bonds. The van der Waals surface area contributed by atoms with Gasteiger partial charge in [0, 0.05) is 0 Å². The summed E-state index contributed by atoms with van der Waals surface area (Å²) in [5, 5.41) is 0. The minimum absolute atomic E-state index is 0.0208. The number of carbonyl (C=O) groups is 9.